The van der Waals surface area contributed by atoms with Crippen molar-refractivity contribution in [3.8, 4) is 22.8 Å². The average Bonchev–Trinajstić information content (AvgIpc) is 3.40. The second kappa shape index (κ2) is 7.46. The van der Waals surface area contributed by atoms with Gasteiger partial charge in [0.25, 0.3) is 5.91 Å². The van der Waals surface area contributed by atoms with E-state index in [0.717, 1.165) is 11.1 Å². The number of imidazole rings is 1. The summed E-state index contributed by atoms with van der Waals surface area (Å²) < 4.78 is 5.96. The molecular weight excluding hydrogens is 392 g/mol. The number of aryl methyl sites for hydroxylation is 1. The maximum Gasteiger partial charge on any atom is 0.323 e. The van der Waals surface area contributed by atoms with E-state index in [1.807, 2.05) is 37.3 Å². The molecule has 152 valence electrons. The molecule has 5 aromatic rings. The van der Waals surface area contributed by atoms with Crippen molar-refractivity contribution in [3.05, 3.63) is 94.5 Å². The highest BCUT2D eigenvalue weighted by Gasteiger charge is 2.17. The molecule has 1 amide bonds. The van der Waals surface area contributed by atoms with Gasteiger partial charge in [-0.15, -0.1) is 0 Å². The minimum atomic E-state index is -0.303. The first-order chi connectivity index (χ1) is 15.1. The van der Waals surface area contributed by atoms with E-state index in [1.165, 1.54) is 0 Å². The number of fused-ring (bicyclic) bond motifs is 1. The zero-order valence-corrected chi connectivity index (χ0v) is 16.6. The minimum Gasteiger partial charge on any atom is -0.436 e. The Bertz CT molecular complexity index is 1460. The number of H-pyrrole nitrogens is 2. The van der Waals surface area contributed by atoms with E-state index in [0.29, 0.717) is 39.5 Å². The zero-order chi connectivity index (χ0) is 21.4. The van der Waals surface area contributed by atoms with Gasteiger partial charge in [0.2, 0.25) is 5.89 Å². The Hall–Kier alpha value is -4.39. The van der Waals surface area contributed by atoms with E-state index in [4.69, 9.17) is 4.42 Å². The number of rotatable bonds is 4. The summed E-state index contributed by atoms with van der Waals surface area (Å²) >= 11 is 0. The number of amides is 1. The van der Waals surface area contributed by atoms with Crippen LogP contribution in [0, 0.1) is 6.92 Å². The fourth-order valence-corrected chi connectivity index (χ4v) is 3.43. The molecule has 0 fully saturated rings. The number of nitrogens with zero attached hydrogens (tertiary/aromatic N) is 1. The summed E-state index contributed by atoms with van der Waals surface area (Å²) in [4.78, 5) is 34.2. The third-order valence-electron chi connectivity index (χ3n) is 5.02. The van der Waals surface area contributed by atoms with Crippen molar-refractivity contribution in [1.29, 1.82) is 0 Å². The topological polar surface area (TPSA) is 104 Å². The average molecular weight is 410 g/mol. The molecule has 0 unspecified atom stereocenters. The predicted molar refractivity (Wildman–Crippen MR) is 119 cm³/mol. The number of oxazole rings is 1. The molecule has 7 heteroatoms. The SMILES string of the molecule is Cc1ccc(-c2cnc(-c3ccccc3C(=O)Nc3ccc4[nH]c(=O)[nH]c4c3)o2)cc1. The number of benzene rings is 3. The second-order valence-electron chi connectivity index (χ2n) is 7.23. The summed E-state index contributed by atoms with van der Waals surface area (Å²) in [6.45, 7) is 2.02. The lowest BCUT2D eigenvalue weighted by atomic mass is 10.1. The van der Waals surface area contributed by atoms with Gasteiger partial charge in [0.05, 0.1) is 22.8 Å². The molecule has 0 radical (unpaired) electrons. The van der Waals surface area contributed by atoms with Crippen molar-refractivity contribution in [1.82, 2.24) is 15.0 Å². The number of aromatic amines is 2. The zero-order valence-electron chi connectivity index (χ0n) is 16.6. The summed E-state index contributed by atoms with van der Waals surface area (Å²) in [5.74, 6) is 0.696. The first-order valence-corrected chi connectivity index (χ1v) is 9.72. The fraction of sp³-hybridized carbons (Fsp3) is 0.0417. The molecule has 5 rings (SSSR count). The number of anilines is 1. The molecular formula is C24H18N4O3. The lowest BCUT2D eigenvalue weighted by Gasteiger charge is -2.08. The van der Waals surface area contributed by atoms with Crippen LogP contribution in [-0.2, 0) is 0 Å². The van der Waals surface area contributed by atoms with Gasteiger partial charge in [-0.05, 0) is 37.3 Å². The number of carbonyl (C=O) groups is 1. The largest absolute Gasteiger partial charge is 0.436 e. The lowest BCUT2D eigenvalue weighted by Crippen LogP contribution is -2.13. The molecule has 2 heterocycles. The Balaban J connectivity index is 1.45. The van der Waals surface area contributed by atoms with Crippen molar-refractivity contribution < 1.29 is 9.21 Å². The van der Waals surface area contributed by atoms with E-state index in [9.17, 15) is 9.59 Å². The van der Waals surface area contributed by atoms with Crippen molar-refractivity contribution in [2.45, 2.75) is 6.92 Å². The van der Waals surface area contributed by atoms with Crippen LogP contribution in [0.5, 0.6) is 0 Å². The van der Waals surface area contributed by atoms with Crippen LogP contribution in [0.15, 0.2) is 82.1 Å². The van der Waals surface area contributed by atoms with Crippen molar-refractivity contribution >= 4 is 22.6 Å². The van der Waals surface area contributed by atoms with Gasteiger partial charge in [0.15, 0.2) is 5.76 Å². The fourth-order valence-electron chi connectivity index (χ4n) is 3.43. The smallest absolute Gasteiger partial charge is 0.323 e. The summed E-state index contributed by atoms with van der Waals surface area (Å²) in [5, 5.41) is 2.87. The molecule has 0 atom stereocenters. The normalized spacial score (nSPS) is 11.0. The van der Waals surface area contributed by atoms with E-state index >= 15 is 0 Å². The summed E-state index contributed by atoms with van der Waals surface area (Å²) in [6, 6.07) is 20.3. The van der Waals surface area contributed by atoms with Crippen molar-refractivity contribution in [2.75, 3.05) is 5.32 Å². The lowest BCUT2D eigenvalue weighted by molar-refractivity contribution is 0.102. The predicted octanol–water partition coefficient (Wildman–Crippen LogP) is 4.74. The molecule has 3 aromatic carbocycles. The molecule has 0 aliphatic rings. The molecule has 3 N–H and O–H groups in total. The van der Waals surface area contributed by atoms with E-state index in [-0.39, 0.29) is 11.6 Å². The van der Waals surface area contributed by atoms with Gasteiger partial charge >= 0.3 is 5.69 Å². The Morgan fingerprint density at radius 2 is 1.74 bits per heavy atom. The number of carbonyl (C=O) groups excluding carboxylic acids is 1. The summed E-state index contributed by atoms with van der Waals surface area (Å²) in [7, 11) is 0. The van der Waals surface area contributed by atoms with Gasteiger partial charge in [0, 0.05) is 16.8 Å². The molecule has 31 heavy (non-hydrogen) atoms. The van der Waals surface area contributed by atoms with E-state index < -0.39 is 0 Å². The molecule has 0 saturated heterocycles. The van der Waals surface area contributed by atoms with E-state index in [1.54, 1.807) is 42.6 Å². The first-order valence-electron chi connectivity index (χ1n) is 9.72. The van der Waals surface area contributed by atoms with Crippen LogP contribution in [0.3, 0.4) is 0 Å². The molecule has 0 bridgehead atoms. The van der Waals surface area contributed by atoms with Crippen LogP contribution in [0.1, 0.15) is 15.9 Å². The standard InChI is InChI=1S/C24H18N4O3/c1-14-6-8-15(9-7-14)21-13-25-23(31-21)18-5-3-2-4-17(18)22(29)26-16-10-11-19-20(12-16)28-24(30)27-19/h2-13H,1H3,(H,26,29)(H2,27,28,30). The molecule has 7 nitrogen and oxygen atoms in total. The maximum absolute atomic E-state index is 13.0. The monoisotopic (exact) mass is 410 g/mol. The number of hydrogen-bond donors (Lipinski definition) is 3. The Morgan fingerprint density at radius 3 is 2.58 bits per heavy atom. The van der Waals surface area contributed by atoms with Crippen LogP contribution in [-0.4, -0.2) is 20.9 Å². The van der Waals surface area contributed by atoms with Gasteiger partial charge in [-0.2, -0.15) is 0 Å². The molecule has 0 spiro atoms. The quantitative estimate of drug-likeness (QED) is 0.398. The second-order valence-corrected chi connectivity index (χ2v) is 7.23. The van der Waals surface area contributed by atoms with Crippen LogP contribution in [0.4, 0.5) is 5.69 Å². The van der Waals surface area contributed by atoms with Gasteiger partial charge < -0.3 is 19.7 Å². The highest BCUT2D eigenvalue weighted by atomic mass is 16.4. The molecule has 0 aliphatic heterocycles. The van der Waals surface area contributed by atoms with Gasteiger partial charge in [-0.1, -0.05) is 42.0 Å². The van der Waals surface area contributed by atoms with Crippen molar-refractivity contribution in [3.63, 3.8) is 0 Å². The number of nitrogens with one attached hydrogen (secondary N) is 3. The van der Waals surface area contributed by atoms with Gasteiger partial charge in [-0.3, -0.25) is 4.79 Å². The Morgan fingerprint density at radius 1 is 0.968 bits per heavy atom. The Labute approximate surface area is 176 Å². The van der Waals surface area contributed by atoms with Crippen LogP contribution < -0.4 is 11.0 Å². The highest BCUT2D eigenvalue weighted by molar-refractivity contribution is 6.08. The van der Waals surface area contributed by atoms with Crippen LogP contribution in [0.2, 0.25) is 0 Å². The minimum absolute atomic E-state index is 0.294. The summed E-state index contributed by atoms with van der Waals surface area (Å²) in [5.41, 5.74) is 4.66. The third kappa shape index (κ3) is 3.64. The van der Waals surface area contributed by atoms with Crippen LogP contribution >= 0.6 is 0 Å². The first kappa shape index (κ1) is 18.6. The highest BCUT2D eigenvalue weighted by Crippen LogP contribution is 2.29. The third-order valence-corrected chi connectivity index (χ3v) is 5.02. The number of aromatic nitrogens is 3. The number of hydrogen-bond acceptors (Lipinski definition) is 4. The van der Waals surface area contributed by atoms with Crippen LogP contribution in [0.25, 0.3) is 33.8 Å². The van der Waals surface area contributed by atoms with Gasteiger partial charge in [0.1, 0.15) is 0 Å². The summed E-state index contributed by atoms with van der Waals surface area (Å²) in [6.07, 6.45) is 1.66. The molecule has 0 aliphatic carbocycles. The van der Waals surface area contributed by atoms with Crippen molar-refractivity contribution in [2.24, 2.45) is 0 Å². The Kier molecular flexibility index (Phi) is 4.48. The van der Waals surface area contributed by atoms with E-state index in [2.05, 4.69) is 20.3 Å². The molecule has 2 aromatic heterocycles. The maximum atomic E-state index is 13.0. The molecule has 0 saturated carbocycles. The van der Waals surface area contributed by atoms with Gasteiger partial charge in [-0.25, -0.2) is 9.78 Å².